The summed E-state index contributed by atoms with van der Waals surface area (Å²) in [5.41, 5.74) is 1.17. The van der Waals surface area contributed by atoms with Crippen LogP contribution < -0.4 is 14.2 Å². The lowest BCUT2D eigenvalue weighted by molar-refractivity contribution is -0.274. The molecule has 0 bridgehead atoms. The van der Waals surface area contributed by atoms with Crippen molar-refractivity contribution in [2.24, 2.45) is 0 Å². The van der Waals surface area contributed by atoms with Gasteiger partial charge in [-0.15, -0.1) is 36.7 Å². The van der Waals surface area contributed by atoms with E-state index in [1.54, 1.807) is 6.07 Å². The highest BCUT2D eigenvalue weighted by molar-refractivity contribution is 8.19. The van der Waals surface area contributed by atoms with Crippen LogP contribution in [0.3, 0.4) is 0 Å². The Labute approximate surface area is 162 Å². The molecule has 0 N–H and O–H groups in total. The third-order valence-electron chi connectivity index (χ3n) is 3.61. The summed E-state index contributed by atoms with van der Waals surface area (Å²) in [6.45, 7) is 0. The monoisotopic (exact) mass is 416 g/mol. The summed E-state index contributed by atoms with van der Waals surface area (Å²) in [6.07, 6.45) is -4.78. The van der Waals surface area contributed by atoms with Gasteiger partial charge in [-0.2, -0.15) is 0 Å². The quantitative estimate of drug-likeness (QED) is 0.487. The normalized spacial score (nSPS) is 14.8. The van der Waals surface area contributed by atoms with Crippen molar-refractivity contribution in [3.8, 4) is 17.2 Å². The van der Waals surface area contributed by atoms with Crippen molar-refractivity contribution >= 4 is 29.5 Å². The molecule has 144 valence electrons. The molecule has 2 aromatic rings. The van der Waals surface area contributed by atoms with Gasteiger partial charge in [0, 0.05) is 11.5 Å². The van der Waals surface area contributed by atoms with Crippen LogP contribution in [-0.2, 0) is 0 Å². The van der Waals surface area contributed by atoms with Gasteiger partial charge in [-0.1, -0.05) is 6.07 Å². The van der Waals surface area contributed by atoms with Gasteiger partial charge in [0.1, 0.15) is 5.75 Å². The van der Waals surface area contributed by atoms with E-state index in [9.17, 15) is 18.0 Å². The number of carbonyl (C=O) groups excluding carboxylic acids is 1. The van der Waals surface area contributed by atoms with E-state index >= 15 is 0 Å². The third-order valence-corrected chi connectivity index (χ3v) is 6.71. The average molecular weight is 416 g/mol. The van der Waals surface area contributed by atoms with E-state index in [0.29, 0.717) is 10.3 Å². The lowest BCUT2D eigenvalue weighted by Gasteiger charge is -2.14. The number of thioether (sulfide) groups is 2. The molecule has 0 saturated carbocycles. The van der Waals surface area contributed by atoms with E-state index in [-0.39, 0.29) is 11.3 Å². The highest BCUT2D eigenvalue weighted by Gasteiger charge is 2.31. The zero-order valence-electron chi connectivity index (χ0n) is 14.1. The molecular weight excluding hydrogens is 401 g/mol. The number of hydrogen-bond donors (Lipinski definition) is 0. The number of alkyl halides is 3. The number of benzene rings is 2. The molecule has 0 aliphatic carbocycles. The largest absolute Gasteiger partial charge is 0.573 e. The maximum absolute atomic E-state index is 12.3. The van der Waals surface area contributed by atoms with Gasteiger partial charge in [-0.25, -0.2) is 4.79 Å². The van der Waals surface area contributed by atoms with Crippen molar-refractivity contribution in [1.82, 2.24) is 0 Å². The molecule has 1 fully saturated rings. The fraction of sp³-hybridized carbons (Fsp3) is 0.278. The second kappa shape index (κ2) is 8.35. The molecule has 1 saturated heterocycles. The highest BCUT2D eigenvalue weighted by atomic mass is 32.2. The lowest BCUT2D eigenvalue weighted by atomic mass is 10.2. The van der Waals surface area contributed by atoms with Crippen LogP contribution in [0.4, 0.5) is 13.2 Å². The van der Waals surface area contributed by atoms with Crippen LogP contribution in [-0.4, -0.2) is 30.9 Å². The second-order valence-corrected chi connectivity index (χ2v) is 8.17. The minimum Gasteiger partial charge on any atom is -0.493 e. The molecule has 0 unspecified atom stereocenters. The van der Waals surface area contributed by atoms with Gasteiger partial charge in [0.2, 0.25) is 0 Å². The Morgan fingerprint density at radius 2 is 1.70 bits per heavy atom. The number of hydrogen-bond acceptors (Lipinski definition) is 6. The number of carbonyl (C=O) groups is 1. The summed E-state index contributed by atoms with van der Waals surface area (Å²) < 4.78 is 51.3. The highest BCUT2D eigenvalue weighted by Crippen LogP contribution is 2.47. The summed E-state index contributed by atoms with van der Waals surface area (Å²) in [4.78, 5) is 12.3. The van der Waals surface area contributed by atoms with Crippen LogP contribution in [0.2, 0.25) is 0 Å². The van der Waals surface area contributed by atoms with E-state index in [2.05, 4.69) is 4.74 Å². The van der Waals surface area contributed by atoms with Crippen molar-refractivity contribution in [2.75, 3.05) is 18.6 Å². The third kappa shape index (κ3) is 5.26. The van der Waals surface area contributed by atoms with Gasteiger partial charge in [0.15, 0.2) is 11.5 Å². The topological polar surface area (TPSA) is 44.8 Å². The maximum Gasteiger partial charge on any atom is 0.573 e. The first-order chi connectivity index (χ1) is 12.9. The Balaban J connectivity index is 1.71. The van der Waals surface area contributed by atoms with Gasteiger partial charge in [0.05, 0.1) is 17.3 Å². The molecule has 3 rings (SSSR count). The Morgan fingerprint density at radius 1 is 1.04 bits per heavy atom. The molecule has 0 spiro atoms. The lowest BCUT2D eigenvalue weighted by Crippen LogP contribution is -2.17. The van der Waals surface area contributed by atoms with Crippen molar-refractivity contribution in [2.45, 2.75) is 10.9 Å². The second-order valence-electron chi connectivity index (χ2n) is 5.45. The van der Waals surface area contributed by atoms with Crippen molar-refractivity contribution in [3.05, 3.63) is 53.6 Å². The first kappa shape index (κ1) is 19.8. The Bertz CT molecular complexity index is 803. The summed E-state index contributed by atoms with van der Waals surface area (Å²) >= 11 is 3.69. The minimum absolute atomic E-state index is 0.0950. The molecule has 0 atom stereocenters. The standard InChI is InChI=1S/C18H15F3O4S2/c1-23-15-10-12(17-26-8-9-27-17)4-7-14(15)24-16(22)11-2-5-13(6-3-11)25-18(19,20)21/h2-7,10,17H,8-9H2,1H3. The summed E-state index contributed by atoms with van der Waals surface area (Å²) in [7, 11) is 1.48. The van der Waals surface area contributed by atoms with Gasteiger partial charge >= 0.3 is 12.3 Å². The van der Waals surface area contributed by atoms with Crippen LogP contribution >= 0.6 is 23.5 Å². The molecule has 1 heterocycles. The van der Waals surface area contributed by atoms with Gasteiger partial charge in [0.25, 0.3) is 0 Å². The molecule has 1 aliphatic heterocycles. The molecule has 1 aliphatic rings. The maximum atomic E-state index is 12.3. The Kier molecular flexibility index (Phi) is 6.11. The van der Waals surface area contributed by atoms with Crippen LogP contribution in [0.25, 0.3) is 0 Å². The zero-order chi connectivity index (χ0) is 19.4. The molecule has 0 radical (unpaired) electrons. The summed E-state index contributed by atoms with van der Waals surface area (Å²) in [5.74, 6) is 1.72. The molecular formula is C18H15F3O4S2. The number of esters is 1. The molecule has 0 amide bonds. The number of methoxy groups -OCH3 is 1. The average Bonchev–Trinajstić information content (AvgIpc) is 3.16. The zero-order valence-corrected chi connectivity index (χ0v) is 15.7. The van der Waals surface area contributed by atoms with Gasteiger partial charge < -0.3 is 14.2 Å². The number of halogens is 3. The van der Waals surface area contributed by atoms with E-state index in [0.717, 1.165) is 29.2 Å². The minimum atomic E-state index is -4.78. The SMILES string of the molecule is COc1cc(C2SCCS2)ccc1OC(=O)c1ccc(OC(F)(F)F)cc1. The Morgan fingerprint density at radius 3 is 2.30 bits per heavy atom. The van der Waals surface area contributed by atoms with Crippen LogP contribution in [0.1, 0.15) is 20.5 Å². The number of rotatable bonds is 5. The Hall–Kier alpha value is -2.00. The van der Waals surface area contributed by atoms with Crippen molar-refractivity contribution in [1.29, 1.82) is 0 Å². The number of ether oxygens (including phenoxy) is 3. The first-order valence-electron chi connectivity index (χ1n) is 7.85. The molecule has 4 nitrogen and oxygen atoms in total. The van der Waals surface area contributed by atoms with E-state index in [4.69, 9.17) is 9.47 Å². The summed E-state index contributed by atoms with van der Waals surface area (Å²) in [6, 6.07) is 9.89. The summed E-state index contributed by atoms with van der Waals surface area (Å²) in [5, 5.41) is 0. The first-order valence-corrected chi connectivity index (χ1v) is 9.94. The van der Waals surface area contributed by atoms with Crippen LogP contribution in [0.15, 0.2) is 42.5 Å². The molecule has 9 heteroatoms. The van der Waals surface area contributed by atoms with E-state index in [1.165, 1.54) is 19.2 Å². The van der Waals surface area contributed by atoms with Crippen molar-refractivity contribution < 1.29 is 32.2 Å². The smallest absolute Gasteiger partial charge is 0.493 e. The molecule has 2 aromatic carbocycles. The van der Waals surface area contributed by atoms with Crippen LogP contribution in [0, 0.1) is 0 Å². The predicted molar refractivity (Wildman–Crippen MR) is 98.7 cm³/mol. The van der Waals surface area contributed by atoms with Crippen LogP contribution in [0.5, 0.6) is 17.2 Å². The van der Waals surface area contributed by atoms with Gasteiger partial charge in [-0.05, 0) is 42.0 Å². The van der Waals surface area contributed by atoms with E-state index in [1.807, 2.05) is 35.7 Å². The fourth-order valence-corrected chi connectivity index (χ4v) is 5.26. The van der Waals surface area contributed by atoms with Gasteiger partial charge in [-0.3, -0.25) is 0 Å². The van der Waals surface area contributed by atoms with E-state index < -0.39 is 18.1 Å². The van der Waals surface area contributed by atoms with Crippen molar-refractivity contribution in [3.63, 3.8) is 0 Å². The predicted octanol–water partition coefficient (Wildman–Crippen LogP) is 5.29. The molecule has 0 aromatic heterocycles. The fourth-order valence-electron chi connectivity index (χ4n) is 2.42. The molecule has 27 heavy (non-hydrogen) atoms.